The highest BCUT2D eigenvalue weighted by atomic mass is 32.2. The molecule has 1 amide bonds. The number of carbonyl (C=O) groups excluding carboxylic acids is 1. The smallest absolute Gasteiger partial charge is 0.294 e. The van der Waals surface area contributed by atoms with Crippen LogP contribution in [0.25, 0.3) is 5.69 Å². The van der Waals surface area contributed by atoms with Gasteiger partial charge in [-0.3, -0.25) is 18.5 Å². The minimum Gasteiger partial charge on any atom is -0.371 e. The van der Waals surface area contributed by atoms with E-state index in [9.17, 15) is 39.9 Å². The normalized spacial score (nSPS) is 12.2. The van der Waals surface area contributed by atoms with Crippen molar-refractivity contribution >= 4 is 71.2 Å². The molecule has 20 nitrogen and oxygen atoms in total. The van der Waals surface area contributed by atoms with Crippen LogP contribution in [0.15, 0.2) is 62.6 Å². The molecule has 0 bridgehead atoms. The number of nitrogens with one attached hydrogen (secondary N) is 1. The fourth-order valence-corrected chi connectivity index (χ4v) is 6.48. The zero-order valence-electron chi connectivity index (χ0n) is 26.0. The van der Waals surface area contributed by atoms with Gasteiger partial charge in [-0.2, -0.15) is 35.6 Å². The molecule has 0 aliphatic heterocycles. The van der Waals surface area contributed by atoms with Crippen LogP contribution in [0.2, 0.25) is 0 Å². The van der Waals surface area contributed by atoms with Gasteiger partial charge in [0.25, 0.3) is 30.4 Å². The van der Waals surface area contributed by atoms with Gasteiger partial charge in [0.05, 0.1) is 50.9 Å². The minimum absolute atomic E-state index is 0.0802. The number of carbonyl (C=O) groups is 1. The van der Waals surface area contributed by atoms with Crippen molar-refractivity contribution in [1.82, 2.24) is 9.78 Å². The van der Waals surface area contributed by atoms with Crippen LogP contribution in [0.3, 0.4) is 0 Å². The number of aromatic nitrogens is 2. The quantitative estimate of drug-likeness (QED) is 0.0287. The predicted octanol–water partition coefficient (Wildman–Crippen LogP) is 3.94. The lowest BCUT2D eigenvalue weighted by molar-refractivity contribution is -0.432. The number of nitriles is 1. The molecule has 0 fully saturated rings. The Morgan fingerprint density at radius 1 is 0.980 bits per heavy atom. The Morgan fingerprint density at radius 2 is 1.62 bits per heavy atom. The topological polar surface area (TPSA) is 300 Å². The Bertz CT molecular complexity index is 2040. The van der Waals surface area contributed by atoms with Crippen LogP contribution >= 0.6 is 12.0 Å². The monoisotopic (exact) mass is 777 g/mol. The molecule has 3 rings (SSSR count). The summed E-state index contributed by atoms with van der Waals surface area (Å²) in [6, 6.07) is 9.68. The fraction of sp³-hybridized carbons (Fsp3) is 0.346. The molecule has 272 valence electrons. The first kappa shape index (κ1) is 40.4. The third-order valence-corrected chi connectivity index (χ3v) is 9.66. The van der Waals surface area contributed by atoms with Crippen molar-refractivity contribution < 1.29 is 58.3 Å². The van der Waals surface area contributed by atoms with Crippen LogP contribution in [0.5, 0.6) is 0 Å². The molecule has 50 heavy (non-hydrogen) atoms. The van der Waals surface area contributed by atoms with Crippen LogP contribution in [-0.4, -0.2) is 84.5 Å². The highest BCUT2D eigenvalue weighted by molar-refractivity contribution is 7.94. The fourth-order valence-electron chi connectivity index (χ4n) is 4.38. The minimum atomic E-state index is -4.71. The second kappa shape index (κ2) is 17.8. The summed E-state index contributed by atoms with van der Waals surface area (Å²) in [6.45, 7) is 1.76. The van der Waals surface area contributed by atoms with E-state index in [-0.39, 0.29) is 59.3 Å². The molecule has 1 heterocycles. The van der Waals surface area contributed by atoms with Crippen molar-refractivity contribution in [2.45, 2.75) is 42.4 Å². The standard InChI is InChI=1S/C26H31N7O13S4/c1-18(34)29-23-14-20(32(10-2-4-12-48(36,37)38)11-3-5-13-49(39,40)41)6-8-22(23)30-31-26-19(16-27)17-28-33(26)24-15-21(50(42,43)44)7-9-25(24)47-46-45-35/h6-9,14-15,17,35H,2-5,10-13H2,1H3,(H,29,34)(H,36,37,38)(H,39,40,41)(H,42,43,44). The first-order valence-corrected chi connectivity index (χ1v) is 19.6. The van der Waals surface area contributed by atoms with Gasteiger partial charge in [-0.15, -0.1) is 14.6 Å². The van der Waals surface area contributed by atoms with Gasteiger partial charge in [0, 0.05) is 25.7 Å². The maximum atomic E-state index is 12.1. The number of unbranched alkanes of at least 4 members (excludes halogenated alkanes) is 2. The van der Waals surface area contributed by atoms with Crippen LogP contribution in [0, 0.1) is 11.3 Å². The largest absolute Gasteiger partial charge is 0.371 e. The van der Waals surface area contributed by atoms with Gasteiger partial charge in [-0.05, 0) is 62.1 Å². The molecular weight excluding hydrogens is 747 g/mol. The van der Waals surface area contributed by atoms with Crippen LogP contribution in [0.1, 0.15) is 38.2 Å². The molecule has 0 spiro atoms. The zero-order valence-corrected chi connectivity index (χ0v) is 29.2. The van der Waals surface area contributed by atoms with Gasteiger partial charge >= 0.3 is 0 Å². The van der Waals surface area contributed by atoms with E-state index in [1.165, 1.54) is 25.1 Å². The molecule has 0 aliphatic rings. The second-order valence-corrected chi connectivity index (χ2v) is 15.6. The van der Waals surface area contributed by atoms with Gasteiger partial charge in [-0.25, -0.2) is 9.94 Å². The van der Waals surface area contributed by atoms with Crippen LogP contribution in [0.4, 0.5) is 22.9 Å². The maximum Gasteiger partial charge on any atom is 0.294 e. The first-order chi connectivity index (χ1) is 23.4. The number of nitrogens with zero attached hydrogens (tertiary/aromatic N) is 6. The number of anilines is 2. The summed E-state index contributed by atoms with van der Waals surface area (Å²) in [5.41, 5.74) is 0.511. The van der Waals surface area contributed by atoms with E-state index in [0.29, 0.717) is 30.6 Å². The molecule has 5 N–H and O–H groups in total. The Balaban J connectivity index is 2.04. The van der Waals surface area contributed by atoms with Gasteiger partial charge in [0.1, 0.15) is 17.3 Å². The SMILES string of the molecule is CC(=O)Nc1cc(N(CCCCS(=O)(=O)O)CCCCS(=O)(=O)O)ccc1N=Nc1c(C#N)cnn1-c1cc(S(=O)(=O)O)ccc1SOOO. The van der Waals surface area contributed by atoms with Gasteiger partial charge in [0.15, 0.2) is 5.82 Å². The summed E-state index contributed by atoms with van der Waals surface area (Å²) in [6.07, 6.45) is 1.96. The van der Waals surface area contributed by atoms with Crippen molar-refractivity contribution in [3.8, 4) is 11.8 Å². The number of amides is 1. The average Bonchev–Trinajstić information content (AvgIpc) is 3.43. The Labute approximate surface area is 291 Å². The third kappa shape index (κ3) is 12.7. The highest BCUT2D eigenvalue weighted by Crippen LogP contribution is 2.36. The van der Waals surface area contributed by atoms with E-state index >= 15 is 0 Å². The van der Waals surface area contributed by atoms with Crippen molar-refractivity contribution in [2.75, 3.05) is 34.8 Å². The molecule has 0 saturated carbocycles. The lowest BCUT2D eigenvalue weighted by atomic mass is 10.2. The summed E-state index contributed by atoms with van der Waals surface area (Å²) < 4.78 is 102. The number of hydrogen-bond donors (Lipinski definition) is 5. The number of rotatable bonds is 19. The average molecular weight is 778 g/mol. The molecule has 0 unspecified atom stereocenters. The summed E-state index contributed by atoms with van der Waals surface area (Å²) in [7, 11) is -13.1. The number of azo groups is 1. The van der Waals surface area contributed by atoms with Gasteiger partial charge in [-0.1, -0.05) is 5.04 Å². The second-order valence-electron chi connectivity index (χ2n) is 10.3. The number of hydrogen-bond acceptors (Lipinski definition) is 16. The summed E-state index contributed by atoms with van der Waals surface area (Å²) >= 11 is 0.430. The van der Waals surface area contributed by atoms with E-state index in [1.54, 1.807) is 11.0 Å². The van der Waals surface area contributed by atoms with Crippen molar-refractivity contribution in [3.63, 3.8) is 0 Å². The van der Waals surface area contributed by atoms with Gasteiger partial charge < -0.3 is 10.2 Å². The summed E-state index contributed by atoms with van der Waals surface area (Å²) in [5, 5.41) is 37.0. The molecule has 3 aromatic rings. The summed E-state index contributed by atoms with van der Waals surface area (Å²) in [5.74, 6) is -1.65. The lowest BCUT2D eigenvalue weighted by Gasteiger charge is -2.26. The molecule has 0 radical (unpaired) electrons. The number of benzene rings is 2. The third-order valence-electron chi connectivity index (χ3n) is 6.54. The van der Waals surface area contributed by atoms with E-state index in [1.807, 2.05) is 6.07 Å². The lowest BCUT2D eigenvalue weighted by Crippen LogP contribution is -2.26. The van der Waals surface area contributed by atoms with Crippen molar-refractivity contribution in [3.05, 3.63) is 48.2 Å². The van der Waals surface area contributed by atoms with Crippen molar-refractivity contribution in [1.29, 1.82) is 5.26 Å². The molecule has 2 aromatic carbocycles. The molecule has 1 aromatic heterocycles. The maximum absolute atomic E-state index is 12.1. The van der Waals surface area contributed by atoms with Crippen molar-refractivity contribution in [2.24, 2.45) is 10.2 Å². The molecular formula is C26H31N7O13S4. The van der Waals surface area contributed by atoms with E-state index < -0.39 is 52.7 Å². The first-order valence-electron chi connectivity index (χ1n) is 14.2. The molecule has 24 heteroatoms. The van der Waals surface area contributed by atoms with E-state index in [2.05, 4.69) is 30.0 Å². The molecule has 0 saturated heterocycles. The Hall–Kier alpha value is -4.03. The van der Waals surface area contributed by atoms with Crippen LogP contribution < -0.4 is 10.2 Å². The predicted molar refractivity (Wildman–Crippen MR) is 177 cm³/mol. The highest BCUT2D eigenvalue weighted by Gasteiger charge is 2.21. The molecule has 0 atom stereocenters. The Morgan fingerprint density at radius 3 is 2.16 bits per heavy atom. The Kier molecular flexibility index (Phi) is 14.3. The summed E-state index contributed by atoms with van der Waals surface area (Å²) in [4.78, 5) is 13.5. The molecule has 0 aliphatic carbocycles. The van der Waals surface area contributed by atoms with Crippen LogP contribution in [-0.2, 0) is 44.5 Å². The van der Waals surface area contributed by atoms with E-state index in [0.717, 1.165) is 23.0 Å². The van der Waals surface area contributed by atoms with Gasteiger partial charge in [0.2, 0.25) is 5.91 Å². The van der Waals surface area contributed by atoms with E-state index in [4.69, 9.17) is 14.4 Å². The zero-order chi connectivity index (χ0) is 37.1.